The number of aromatic amines is 1. The first-order valence-corrected chi connectivity index (χ1v) is 6.16. The van der Waals surface area contributed by atoms with Crippen molar-refractivity contribution in [3.8, 4) is 0 Å². The van der Waals surface area contributed by atoms with Crippen molar-refractivity contribution in [2.75, 3.05) is 13.2 Å². The zero-order valence-electron chi connectivity index (χ0n) is 9.98. The van der Waals surface area contributed by atoms with Crippen molar-refractivity contribution in [2.45, 2.75) is 18.9 Å². The quantitative estimate of drug-likeness (QED) is 0.860. The van der Waals surface area contributed by atoms with Crippen LogP contribution in [0.4, 0.5) is 0 Å². The number of pyridine rings is 1. The summed E-state index contributed by atoms with van der Waals surface area (Å²) in [4.78, 5) is 19.2. The van der Waals surface area contributed by atoms with E-state index >= 15 is 0 Å². The lowest BCUT2D eigenvalue weighted by Crippen LogP contribution is -2.31. The first-order chi connectivity index (χ1) is 8.84. The predicted molar refractivity (Wildman–Crippen MR) is 67.4 cm³/mol. The van der Waals surface area contributed by atoms with Crippen LogP contribution in [0.3, 0.4) is 0 Å². The van der Waals surface area contributed by atoms with Crippen LogP contribution in [-0.2, 0) is 4.74 Å². The van der Waals surface area contributed by atoms with Crippen LogP contribution in [0.5, 0.6) is 0 Å². The van der Waals surface area contributed by atoms with Crippen molar-refractivity contribution in [3.63, 3.8) is 0 Å². The van der Waals surface area contributed by atoms with Gasteiger partial charge in [-0.2, -0.15) is 0 Å². The zero-order valence-corrected chi connectivity index (χ0v) is 9.98. The molecule has 0 saturated carbocycles. The van der Waals surface area contributed by atoms with Gasteiger partial charge in [0.2, 0.25) is 0 Å². The molecule has 2 aromatic rings. The summed E-state index contributed by atoms with van der Waals surface area (Å²) in [5, 5.41) is 3.76. The maximum absolute atomic E-state index is 12.1. The molecular formula is C13H15N3O2. The Hall–Kier alpha value is -1.88. The van der Waals surface area contributed by atoms with E-state index in [0.717, 1.165) is 30.5 Å². The van der Waals surface area contributed by atoms with Crippen molar-refractivity contribution in [1.82, 2.24) is 15.3 Å². The van der Waals surface area contributed by atoms with Crippen LogP contribution in [0.15, 0.2) is 24.5 Å². The van der Waals surface area contributed by atoms with Gasteiger partial charge in [-0.3, -0.25) is 4.79 Å². The summed E-state index contributed by atoms with van der Waals surface area (Å²) in [6, 6.07) is 3.72. The summed E-state index contributed by atoms with van der Waals surface area (Å²) >= 11 is 0. The molecule has 1 saturated heterocycles. The Morgan fingerprint density at radius 3 is 3.39 bits per heavy atom. The van der Waals surface area contributed by atoms with E-state index in [4.69, 9.17) is 4.74 Å². The first kappa shape index (κ1) is 11.2. The third-order valence-corrected chi connectivity index (χ3v) is 3.21. The molecule has 94 valence electrons. The van der Waals surface area contributed by atoms with Gasteiger partial charge in [-0.15, -0.1) is 0 Å². The van der Waals surface area contributed by atoms with Crippen molar-refractivity contribution < 1.29 is 9.53 Å². The number of nitrogens with one attached hydrogen (secondary N) is 2. The Morgan fingerprint density at radius 2 is 2.56 bits per heavy atom. The Bertz CT molecular complexity index is 558. The van der Waals surface area contributed by atoms with Gasteiger partial charge in [0.05, 0.1) is 11.7 Å². The molecule has 3 heterocycles. The molecule has 3 rings (SSSR count). The molecule has 0 aromatic carbocycles. The fourth-order valence-corrected chi connectivity index (χ4v) is 2.25. The summed E-state index contributed by atoms with van der Waals surface area (Å²) in [7, 11) is 0. The largest absolute Gasteiger partial charge is 0.376 e. The minimum atomic E-state index is -0.0789. The lowest BCUT2D eigenvalue weighted by atomic mass is 10.2. The van der Waals surface area contributed by atoms with Gasteiger partial charge in [0.1, 0.15) is 5.65 Å². The summed E-state index contributed by atoms with van der Waals surface area (Å²) in [5.41, 5.74) is 1.37. The molecule has 0 spiro atoms. The second-order valence-corrected chi connectivity index (χ2v) is 4.45. The third kappa shape index (κ3) is 2.09. The van der Waals surface area contributed by atoms with Crippen LogP contribution in [0.25, 0.3) is 11.0 Å². The van der Waals surface area contributed by atoms with E-state index in [-0.39, 0.29) is 12.0 Å². The van der Waals surface area contributed by atoms with E-state index < -0.39 is 0 Å². The summed E-state index contributed by atoms with van der Waals surface area (Å²) in [6.45, 7) is 1.38. The highest BCUT2D eigenvalue weighted by Crippen LogP contribution is 2.16. The topological polar surface area (TPSA) is 67.0 Å². The maximum Gasteiger partial charge on any atom is 0.253 e. The molecule has 1 aliphatic rings. The lowest BCUT2D eigenvalue weighted by Gasteiger charge is -2.10. The van der Waals surface area contributed by atoms with E-state index in [1.54, 1.807) is 12.4 Å². The molecule has 2 aromatic heterocycles. The van der Waals surface area contributed by atoms with E-state index in [1.165, 1.54) is 0 Å². The number of carbonyl (C=O) groups excluding carboxylic acids is 1. The number of amides is 1. The van der Waals surface area contributed by atoms with Gasteiger partial charge in [-0.25, -0.2) is 4.98 Å². The second kappa shape index (κ2) is 4.78. The van der Waals surface area contributed by atoms with Crippen LogP contribution in [0.1, 0.15) is 23.2 Å². The van der Waals surface area contributed by atoms with Gasteiger partial charge in [-0.1, -0.05) is 0 Å². The average molecular weight is 245 g/mol. The van der Waals surface area contributed by atoms with Crippen LogP contribution in [0, 0.1) is 0 Å². The Kier molecular flexibility index (Phi) is 2.98. The monoisotopic (exact) mass is 245 g/mol. The zero-order chi connectivity index (χ0) is 12.4. The molecule has 5 nitrogen and oxygen atoms in total. The number of H-pyrrole nitrogens is 1. The Balaban J connectivity index is 1.71. The number of hydrogen-bond acceptors (Lipinski definition) is 3. The van der Waals surface area contributed by atoms with Gasteiger partial charge < -0.3 is 15.0 Å². The van der Waals surface area contributed by atoms with E-state index in [0.29, 0.717) is 12.1 Å². The normalized spacial score (nSPS) is 19.2. The molecule has 0 aliphatic carbocycles. The molecule has 0 radical (unpaired) electrons. The number of nitrogens with zero attached hydrogens (tertiary/aromatic N) is 1. The van der Waals surface area contributed by atoms with Crippen molar-refractivity contribution >= 4 is 16.9 Å². The standard InChI is InChI=1S/C13H15N3O2/c17-13(16-7-9-3-2-6-18-9)11-8-15-12-10(11)4-1-5-14-12/h1,4-5,8-9H,2-3,6-7H2,(H,14,15)(H,16,17). The van der Waals surface area contributed by atoms with Crippen LogP contribution in [-0.4, -0.2) is 35.1 Å². The maximum atomic E-state index is 12.1. The highest BCUT2D eigenvalue weighted by Gasteiger charge is 2.18. The fraction of sp³-hybridized carbons (Fsp3) is 0.385. The SMILES string of the molecule is O=C(NCC1CCCO1)c1c[nH]c2ncccc12. The molecule has 0 bridgehead atoms. The van der Waals surface area contributed by atoms with Crippen LogP contribution in [0.2, 0.25) is 0 Å². The van der Waals surface area contributed by atoms with Gasteiger partial charge >= 0.3 is 0 Å². The number of fused-ring (bicyclic) bond motifs is 1. The number of hydrogen-bond donors (Lipinski definition) is 2. The van der Waals surface area contributed by atoms with Crippen molar-refractivity contribution in [3.05, 3.63) is 30.1 Å². The van der Waals surface area contributed by atoms with Crippen LogP contribution >= 0.6 is 0 Å². The third-order valence-electron chi connectivity index (χ3n) is 3.21. The average Bonchev–Trinajstić information content (AvgIpc) is 3.05. The van der Waals surface area contributed by atoms with E-state index in [2.05, 4.69) is 15.3 Å². The van der Waals surface area contributed by atoms with Gasteiger partial charge in [0, 0.05) is 30.9 Å². The molecule has 18 heavy (non-hydrogen) atoms. The molecule has 1 aliphatic heterocycles. The minimum absolute atomic E-state index is 0.0789. The second-order valence-electron chi connectivity index (χ2n) is 4.45. The van der Waals surface area contributed by atoms with Gasteiger partial charge in [-0.05, 0) is 25.0 Å². The first-order valence-electron chi connectivity index (χ1n) is 6.16. The molecule has 1 fully saturated rings. The van der Waals surface area contributed by atoms with Gasteiger partial charge in [0.15, 0.2) is 0 Å². The number of rotatable bonds is 3. The summed E-state index contributed by atoms with van der Waals surface area (Å²) in [5.74, 6) is -0.0789. The Labute approximate surface area is 105 Å². The summed E-state index contributed by atoms with van der Waals surface area (Å²) < 4.78 is 5.47. The summed E-state index contributed by atoms with van der Waals surface area (Å²) in [6.07, 6.45) is 5.67. The van der Waals surface area contributed by atoms with E-state index in [1.807, 2.05) is 12.1 Å². The Morgan fingerprint density at radius 1 is 1.61 bits per heavy atom. The highest BCUT2D eigenvalue weighted by atomic mass is 16.5. The number of aromatic nitrogens is 2. The van der Waals surface area contributed by atoms with Crippen molar-refractivity contribution in [1.29, 1.82) is 0 Å². The lowest BCUT2D eigenvalue weighted by molar-refractivity contribution is 0.0859. The number of carbonyl (C=O) groups is 1. The molecule has 1 unspecified atom stereocenters. The minimum Gasteiger partial charge on any atom is -0.376 e. The van der Waals surface area contributed by atoms with Crippen molar-refractivity contribution in [2.24, 2.45) is 0 Å². The predicted octanol–water partition coefficient (Wildman–Crippen LogP) is 1.47. The smallest absolute Gasteiger partial charge is 0.253 e. The van der Waals surface area contributed by atoms with Crippen LogP contribution < -0.4 is 5.32 Å². The van der Waals surface area contributed by atoms with E-state index in [9.17, 15) is 4.79 Å². The molecule has 1 atom stereocenters. The fourth-order valence-electron chi connectivity index (χ4n) is 2.25. The number of ether oxygens (including phenoxy) is 1. The van der Waals surface area contributed by atoms with Gasteiger partial charge in [0.25, 0.3) is 5.91 Å². The highest BCUT2D eigenvalue weighted by molar-refractivity contribution is 6.05. The molecule has 2 N–H and O–H groups in total. The molecule has 1 amide bonds. The molecule has 5 heteroatoms. The molecular weight excluding hydrogens is 230 g/mol.